The molecule has 4 aromatic rings. The van der Waals surface area contributed by atoms with E-state index < -0.39 is 75.9 Å². The number of carbonyl (C=O) groups is 1. The van der Waals surface area contributed by atoms with E-state index in [1.807, 2.05) is 54.6 Å². The van der Waals surface area contributed by atoms with E-state index in [-0.39, 0.29) is 37.0 Å². The molecule has 3 aromatic carbocycles. The van der Waals surface area contributed by atoms with Crippen molar-refractivity contribution in [1.82, 2.24) is 34.8 Å². The number of hydrogen-bond donors (Lipinski definition) is 5. The maximum Gasteiger partial charge on any atom is 0.343 e. The van der Waals surface area contributed by atoms with Crippen LogP contribution in [0.4, 0.5) is 0 Å². The Hall–Kier alpha value is -4.52. The Morgan fingerprint density at radius 2 is 1.35 bits per heavy atom. The number of aromatic nitrogens is 2. The average molecular weight is 930 g/mol. The fourth-order valence-corrected chi connectivity index (χ4v) is 11.0. The molecule has 350 valence electrons. The average Bonchev–Trinajstić information content (AvgIpc) is 3.87. The first kappa shape index (κ1) is 48.4. The minimum atomic E-state index is -3.93. The van der Waals surface area contributed by atoms with Gasteiger partial charge in [0.15, 0.2) is 8.32 Å². The second-order valence-corrected chi connectivity index (χ2v) is 26.1. The van der Waals surface area contributed by atoms with Gasteiger partial charge in [-0.3, -0.25) is 29.0 Å². The largest absolute Gasteiger partial charge is 0.414 e. The molecule has 2 saturated heterocycles. The third-order valence-electron chi connectivity index (χ3n) is 13.2. The molecule has 1 amide bonds. The van der Waals surface area contributed by atoms with Crippen molar-refractivity contribution in [2.75, 3.05) is 27.3 Å². The second kappa shape index (κ2) is 19.4. The zero-order chi connectivity index (χ0) is 46.9. The van der Waals surface area contributed by atoms with Gasteiger partial charge in [-0.2, -0.15) is 0 Å². The van der Waals surface area contributed by atoms with E-state index in [1.54, 1.807) is 39.0 Å². The van der Waals surface area contributed by atoms with Gasteiger partial charge in [-0.15, -0.1) is 0 Å². The first-order chi connectivity index (χ1) is 30.7. The molecule has 0 spiro atoms. The van der Waals surface area contributed by atoms with Gasteiger partial charge >= 0.3 is 13.4 Å². The number of amides is 1. The summed E-state index contributed by atoms with van der Waals surface area (Å²) in [4.78, 5) is 42.2. The Balaban J connectivity index is 1.23. The summed E-state index contributed by atoms with van der Waals surface area (Å²) >= 11 is 0. The van der Waals surface area contributed by atoms with Crippen LogP contribution in [-0.4, -0.2) is 103 Å². The number of benzene rings is 3. The van der Waals surface area contributed by atoms with Gasteiger partial charge < -0.3 is 33.7 Å². The van der Waals surface area contributed by atoms with Gasteiger partial charge in [0.05, 0.1) is 31.0 Å². The predicted octanol–water partition coefficient (Wildman–Crippen LogP) is 5.48. The summed E-state index contributed by atoms with van der Waals surface area (Å²) in [5.74, 6) is -0.386. The number of carbonyl (C=O) groups excluding carboxylic acids is 1. The predicted molar refractivity (Wildman–Crippen MR) is 251 cm³/mol. The summed E-state index contributed by atoms with van der Waals surface area (Å²) < 4.78 is 44.8. The molecule has 16 nitrogen and oxygen atoms in total. The molecule has 2 fully saturated rings. The Kier molecular flexibility index (Phi) is 14.4. The lowest BCUT2D eigenvalue weighted by Crippen LogP contribution is -2.53. The summed E-state index contributed by atoms with van der Waals surface area (Å²) in [6.45, 7) is 14.0. The zero-order valence-electron chi connectivity index (χ0n) is 38.7. The molecule has 4 heterocycles. The quantitative estimate of drug-likeness (QED) is 0.0541. The monoisotopic (exact) mass is 929 g/mol. The van der Waals surface area contributed by atoms with Crippen LogP contribution in [-0.2, 0) is 33.3 Å². The van der Waals surface area contributed by atoms with Gasteiger partial charge in [0.2, 0.25) is 6.35 Å². The standard InChI is InChI=1S/C47H64N7O9PSi/c1-31-27-53(44(57)48-42(31)55)40-25-36(50-47(33-19-13-10-14-20-33,34-21-15-11-16-22-34)35-23-17-12-18-24-35)38(62-40)29-60-64(59,52(6)7)51-37-26-41(54-28-32(2)43(56)49-45(54)58)63-39(37)30-61-65(8,9)46(3,4)5/h10-24,27-28,36-41,45,50,58H,25-26,29-30H2,1-9H3,(H,49,56)(H,51,59)(H,48,55,57). The molecule has 5 N–H and O–H groups in total. The number of H-pyrrole nitrogens is 1. The summed E-state index contributed by atoms with van der Waals surface area (Å²) in [6.07, 6.45) is -0.668. The van der Waals surface area contributed by atoms with Crippen LogP contribution < -0.4 is 27.0 Å². The topological polar surface area (TPSA) is 189 Å². The minimum Gasteiger partial charge on any atom is -0.414 e. The lowest BCUT2D eigenvalue weighted by molar-refractivity contribution is -0.142. The fourth-order valence-electron chi connectivity index (χ4n) is 8.36. The molecule has 3 aliphatic rings. The summed E-state index contributed by atoms with van der Waals surface area (Å²) in [7, 11) is -2.87. The molecule has 0 radical (unpaired) electrons. The minimum absolute atomic E-state index is 0.0924. The van der Waals surface area contributed by atoms with Crippen LogP contribution in [0.1, 0.15) is 69.0 Å². The van der Waals surface area contributed by atoms with E-state index in [9.17, 15) is 19.5 Å². The third kappa shape index (κ3) is 10.2. The summed E-state index contributed by atoms with van der Waals surface area (Å²) in [6, 6.07) is 29.2. The normalized spacial score (nSPS) is 25.1. The Morgan fingerprint density at radius 3 is 1.89 bits per heavy atom. The van der Waals surface area contributed by atoms with Gasteiger partial charge in [-0.25, -0.2) is 14.6 Å². The lowest BCUT2D eigenvalue weighted by atomic mass is 9.76. The highest BCUT2D eigenvalue weighted by Crippen LogP contribution is 2.49. The van der Waals surface area contributed by atoms with Gasteiger partial charge in [0.25, 0.3) is 11.5 Å². The number of nitrogens with one attached hydrogen (secondary N) is 4. The number of nitrogens with zero attached hydrogens (tertiary/aromatic N) is 3. The van der Waals surface area contributed by atoms with Crippen LogP contribution in [0, 0.1) is 6.92 Å². The van der Waals surface area contributed by atoms with Gasteiger partial charge in [0, 0.05) is 48.5 Å². The highest BCUT2D eigenvalue weighted by Gasteiger charge is 2.49. The van der Waals surface area contributed by atoms with E-state index in [4.69, 9.17) is 18.4 Å². The van der Waals surface area contributed by atoms with Gasteiger partial charge in [-0.1, -0.05) is 112 Å². The van der Waals surface area contributed by atoms with Crippen molar-refractivity contribution in [3.8, 4) is 0 Å². The van der Waals surface area contributed by atoms with Gasteiger partial charge in [-0.05, 0) is 62.8 Å². The Bertz CT molecular complexity index is 2390. The number of aromatic amines is 1. The van der Waals surface area contributed by atoms with E-state index in [0.717, 1.165) is 16.7 Å². The molecular weight excluding hydrogens is 866 g/mol. The number of hydrogen-bond acceptors (Lipinski definition) is 11. The van der Waals surface area contributed by atoms with Crippen LogP contribution in [0.5, 0.6) is 0 Å². The van der Waals surface area contributed by atoms with Crippen LogP contribution in [0.3, 0.4) is 0 Å². The Labute approximate surface area is 382 Å². The third-order valence-corrected chi connectivity index (χ3v) is 19.9. The first-order valence-corrected chi connectivity index (χ1v) is 26.6. The fraction of sp³-hybridized carbons (Fsp3) is 0.468. The van der Waals surface area contributed by atoms with E-state index in [2.05, 4.69) is 91.0 Å². The number of aliphatic hydroxyl groups is 1. The summed E-state index contributed by atoms with van der Waals surface area (Å²) in [5, 5.41) is 20.7. The molecule has 8 atom stereocenters. The molecule has 18 heteroatoms. The van der Waals surface area contributed by atoms with Crippen molar-refractivity contribution in [1.29, 1.82) is 0 Å². The van der Waals surface area contributed by atoms with Crippen LogP contribution in [0.15, 0.2) is 119 Å². The second-order valence-electron chi connectivity index (χ2n) is 18.9. The van der Waals surface area contributed by atoms with Crippen molar-refractivity contribution < 1.29 is 32.9 Å². The number of rotatable bonds is 16. The van der Waals surface area contributed by atoms with Crippen molar-refractivity contribution in [2.45, 2.75) is 114 Å². The highest BCUT2D eigenvalue weighted by molar-refractivity contribution is 7.54. The van der Waals surface area contributed by atoms with Crippen LogP contribution >= 0.6 is 7.67 Å². The molecule has 0 bridgehead atoms. The molecule has 7 rings (SSSR count). The number of aliphatic hydroxyl groups excluding tert-OH is 1. The van der Waals surface area contributed by atoms with Crippen molar-refractivity contribution >= 4 is 21.9 Å². The SMILES string of the molecule is CC1=CN(C2CC(NP(=O)(OCC3OC(n4cc(C)c(=O)[nH]c4=O)CC3NC(c3ccccc3)(c3ccccc3)c3ccccc3)N(C)C)C(CO[Si](C)(C)C(C)(C)C)O2)C(O)NC1=O. The summed E-state index contributed by atoms with van der Waals surface area (Å²) in [5.41, 5.74) is 1.61. The highest BCUT2D eigenvalue weighted by atomic mass is 31.2. The first-order valence-electron chi connectivity index (χ1n) is 22.1. The lowest BCUT2D eigenvalue weighted by Gasteiger charge is -2.40. The number of ether oxygens (including phenoxy) is 2. The maximum absolute atomic E-state index is 15.3. The van der Waals surface area contributed by atoms with Crippen LogP contribution in [0.25, 0.3) is 0 Å². The molecule has 0 saturated carbocycles. The molecule has 0 aliphatic carbocycles. The molecule has 65 heavy (non-hydrogen) atoms. The zero-order valence-corrected chi connectivity index (χ0v) is 40.6. The van der Waals surface area contributed by atoms with Crippen molar-refractivity contribution in [3.63, 3.8) is 0 Å². The van der Waals surface area contributed by atoms with E-state index >= 15 is 4.57 Å². The Morgan fingerprint density at radius 1 is 0.831 bits per heavy atom. The van der Waals surface area contributed by atoms with E-state index in [0.29, 0.717) is 11.1 Å². The molecule has 3 aliphatic heterocycles. The number of aryl methyl sites for hydroxylation is 1. The van der Waals surface area contributed by atoms with Gasteiger partial charge in [0.1, 0.15) is 12.5 Å². The van der Waals surface area contributed by atoms with Crippen molar-refractivity contribution in [3.05, 3.63) is 152 Å². The van der Waals surface area contributed by atoms with Crippen LogP contribution in [0.2, 0.25) is 18.1 Å². The molecule has 8 unspecified atom stereocenters. The smallest absolute Gasteiger partial charge is 0.343 e. The molecule has 1 aromatic heterocycles. The van der Waals surface area contributed by atoms with E-state index in [1.165, 1.54) is 15.4 Å². The molecular formula is C47H64N7O9PSi. The van der Waals surface area contributed by atoms with Crippen molar-refractivity contribution in [2.24, 2.45) is 0 Å². The maximum atomic E-state index is 15.3.